The van der Waals surface area contributed by atoms with E-state index >= 15 is 0 Å². The molecule has 0 bridgehead atoms. The molecular formula is C25H31ClN2O5. The predicted molar refractivity (Wildman–Crippen MR) is 129 cm³/mol. The summed E-state index contributed by atoms with van der Waals surface area (Å²) in [5, 5.41) is 3.16. The highest BCUT2D eigenvalue weighted by atomic mass is 35.5. The van der Waals surface area contributed by atoms with Gasteiger partial charge in [0.25, 0.3) is 0 Å². The van der Waals surface area contributed by atoms with Gasteiger partial charge in [-0.2, -0.15) is 0 Å². The normalized spacial score (nSPS) is 14.8. The van der Waals surface area contributed by atoms with E-state index in [1.165, 1.54) is 18.4 Å². The average molecular weight is 475 g/mol. The first-order valence-corrected chi connectivity index (χ1v) is 11.6. The summed E-state index contributed by atoms with van der Waals surface area (Å²) in [5.74, 6) is 0.655. The van der Waals surface area contributed by atoms with Crippen molar-refractivity contribution in [2.24, 2.45) is 0 Å². The van der Waals surface area contributed by atoms with Crippen molar-refractivity contribution >= 4 is 29.1 Å². The van der Waals surface area contributed by atoms with Crippen molar-refractivity contribution in [2.75, 3.05) is 32.1 Å². The molecule has 2 amide bonds. The van der Waals surface area contributed by atoms with Crippen LogP contribution in [0.25, 0.3) is 0 Å². The van der Waals surface area contributed by atoms with Crippen LogP contribution in [-0.2, 0) is 9.59 Å². The maximum atomic E-state index is 13.7. The van der Waals surface area contributed by atoms with Crippen molar-refractivity contribution in [1.29, 1.82) is 0 Å². The van der Waals surface area contributed by atoms with E-state index in [1.807, 2.05) is 0 Å². The van der Waals surface area contributed by atoms with Crippen molar-refractivity contribution < 1.29 is 23.8 Å². The molecule has 0 aromatic heterocycles. The number of halogens is 1. The number of carbonyl (C=O) groups is 2. The van der Waals surface area contributed by atoms with Crippen LogP contribution in [0.2, 0.25) is 0 Å². The van der Waals surface area contributed by atoms with E-state index < -0.39 is 11.9 Å². The lowest BCUT2D eigenvalue weighted by molar-refractivity contribution is -0.126. The number of rotatable bonds is 9. The monoisotopic (exact) mass is 474 g/mol. The number of carbonyl (C=O) groups excluding carboxylic acids is 2. The van der Waals surface area contributed by atoms with Gasteiger partial charge in [0.1, 0.15) is 29.2 Å². The number of benzene rings is 2. The topological polar surface area (TPSA) is 77.1 Å². The minimum absolute atomic E-state index is 0.0812. The predicted octanol–water partition coefficient (Wildman–Crippen LogP) is 4.47. The number of anilines is 1. The van der Waals surface area contributed by atoms with Gasteiger partial charge in [0.05, 0.1) is 27.0 Å². The number of alkyl halides is 1. The second-order valence-corrected chi connectivity index (χ2v) is 8.22. The Labute approximate surface area is 200 Å². The fourth-order valence-electron chi connectivity index (χ4n) is 4.20. The summed E-state index contributed by atoms with van der Waals surface area (Å²) < 4.78 is 16.1. The van der Waals surface area contributed by atoms with Gasteiger partial charge in [-0.05, 0) is 42.7 Å². The van der Waals surface area contributed by atoms with E-state index in [4.69, 9.17) is 25.8 Å². The first-order chi connectivity index (χ1) is 16.0. The van der Waals surface area contributed by atoms with Gasteiger partial charge in [0.15, 0.2) is 0 Å². The van der Waals surface area contributed by atoms with E-state index in [2.05, 4.69) is 5.32 Å². The zero-order valence-corrected chi connectivity index (χ0v) is 20.1. The SMILES string of the molecule is COc1ccc(C(C(=O)NC2CCCCC2)N(C(=O)CCl)c2ccc(OC)cc2OC)cc1. The maximum Gasteiger partial charge on any atom is 0.248 e. The lowest BCUT2D eigenvalue weighted by atomic mass is 9.94. The summed E-state index contributed by atoms with van der Waals surface area (Å²) in [7, 11) is 4.63. The number of ether oxygens (including phenoxy) is 3. The first-order valence-electron chi connectivity index (χ1n) is 11.1. The Morgan fingerprint density at radius 2 is 1.61 bits per heavy atom. The van der Waals surface area contributed by atoms with Crippen LogP contribution in [0, 0.1) is 0 Å². The summed E-state index contributed by atoms with van der Waals surface area (Å²) in [6.45, 7) is 0. The van der Waals surface area contributed by atoms with Gasteiger partial charge in [-0.1, -0.05) is 31.4 Å². The van der Waals surface area contributed by atoms with Crippen LogP contribution >= 0.6 is 11.6 Å². The summed E-state index contributed by atoms with van der Waals surface area (Å²) >= 11 is 6.02. The van der Waals surface area contributed by atoms with Crippen molar-refractivity contribution in [3.63, 3.8) is 0 Å². The number of amides is 2. The van der Waals surface area contributed by atoms with Crippen LogP contribution in [0.4, 0.5) is 5.69 Å². The van der Waals surface area contributed by atoms with E-state index in [0.717, 1.165) is 25.7 Å². The molecule has 0 radical (unpaired) electrons. The molecule has 1 unspecified atom stereocenters. The molecule has 7 nitrogen and oxygen atoms in total. The van der Waals surface area contributed by atoms with Crippen LogP contribution < -0.4 is 24.4 Å². The Bertz CT molecular complexity index is 944. The molecule has 3 rings (SSSR count). The molecule has 0 heterocycles. The molecule has 2 aromatic rings. The summed E-state index contributed by atoms with van der Waals surface area (Å²) in [6.07, 6.45) is 5.19. The fourth-order valence-corrected chi connectivity index (χ4v) is 4.33. The third-order valence-corrected chi connectivity index (χ3v) is 6.15. The number of hydrogen-bond donors (Lipinski definition) is 1. The van der Waals surface area contributed by atoms with Gasteiger partial charge >= 0.3 is 0 Å². The quantitative estimate of drug-likeness (QED) is 0.542. The van der Waals surface area contributed by atoms with Gasteiger partial charge in [0.2, 0.25) is 11.8 Å². The molecule has 0 aliphatic heterocycles. The van der Waals surface area contributed by atoms with Crippen molar-refractivity contribution in [1.82, 2.24) is 5.32 Å². The molecule has 178 valence electrons. The lowest BCUT2D eigenvalue weighted by Gasteiger charge is -2.34. The van der Waals surface area contributed by atoms with Crippen LogP contribution in [0.5, 0.6) is 17.2 Å². The smallest absolute Gasteiger partial charge is 0.248 e. The van der Waals surface area contributed by atoms with Gasteiger partial charge in [-0.15, -0.1) is 11.6 Å². The Hall–Kier alpha value is -2.93. The largest absolute Gasteiger partial charge is 0.497 e. The molecule has 1 saturated carbocycles. The Morgan fingerprint density at radius 3 is 2.18 bits per heavy atom. The van der Waals surface area contributed by atoms with Gasteiger partial charge in [0, 0.05) is 12.1 Å². The van der Waals surface area contributed by atoms with Crippen LogP contribution in [0.1, 0.15) is 43.7 Å². The molecule has 2 aromatic carbocycles. The van der Waals surface area contributed by atoms with Crippen molar-refractivity contribution in [2.45, 2.75) is 44.2 Å². The molecule has 33 heavy (non-hydrogen) atoms. The fraction of sp³-hybridized carbons (Fsp3) is 0.440. The second-order valence-electron chi connectivity index (χ2n) is 7.95. The standard InChI is InChI=1S/C25H31ClN2O5/c1-31-19-11-9-17(10-12-19)24(25(30)27-18-7-5-4-6-8-18)28(23(29)16-26)21-14-13-20(32-2)15-22(21)33-3/h9-15,18,24H,4-8,16H2,1-3H3,(H,27,30). The van der Waals surface area contributed by atoms with Crippen molar-refractivity contribution in [3.05, 3.63) is 48.0 Å². The van der Waals surface area contributed by atoms with E-state index in [0.29, 0.717) is 28.5 Å². The molecule has 8 heteroatoms. The zero-order chi connectivity index (χ0) is 23.8. The first kappa shape index (κ1) is 24.7. The lowest BCUT2D eigenvalue weighted by Crippen LogP contribution is -2.47. The number of hydrogen-bond acceptors (Lipinski definition) is 5. The van der Waals surface area contributed by atoms with Crippen LogP contribution in [0.15, 0.2) is 42.5 Å². The molecular weight excluding hydrogens is 444 g/mol. The highest BCUT2D eigenvalue weighted by Gasteiger charge is 2.35. The molecule has 1 N–H and O–H groups in total. The zero-order valence-electron chi connectivity index (χ0n) is 19.3. The van der Waals surface area contributed by atoms with E-state index in [1.54, 1.807) is 56.7 Å². The highest BCUT2D eigenvalue weighted by molar-refractivity contribution is 6.30. The van der Waals surface area contributed by atoms with Crippen LogP contribution in [0.3, 0.4) is 0 Å². The van der Waals surface area contributed by atoms with E-state index in [9.17, 15) is 9.59 Å². The summed E-state index contributed by atoms with van der Waals surface area (Å²) in [5.41, 5.74) is 1.07. The van der Waals surface area contributed by atoms with Gasteiger partial charge in [-0.3, -0.25) is 14.5 Å². The molecule has 0 saturated heterocycles. The third kappa shape index (κ3) is 5.90. The minimum atomic E-state index is -0.939. The number of nitrogens with one attached hydrogen (secondary N) is 1. The summed E-state index contributed by atoms with van der Waals surface area (Å²) in [4.78, 5) is 28.3. The molecule has 1 aliphatic carbocycles. The Balaban J connectivity index is 2.08. The molecule has 1 atom stereocenters. The molecule has 1 fully saturated rings. The molecule has 0 spiro atoms. The van der Waals surface area contributed by atoms with E-state index in [-0.39, 0.29) is 17.8 Å². The number of methoxy groups -OCH3 is 3. The summed E-state index contributed by atoms with van der Waals surface area (Å²) in [6, 6.07) is 11.3. The van der Waals surface area contributed by atoms with Gasteiger partial charge in [-0.25, -0.2) is 0 Å². The maximum absolute atomic E-state index is 13.7. The van der Waals surface area contributed by atoms with Crippen LogP contribution in [-0.4, -0.2) is 45.1 Å². The second kappa shape index (κ2) is 11.8. The Kier molecular flexibility index (Phi) is 8.83. The minimum Gasteiger partial charge on any atom is -0.497 e. The number of nitrogens with zero attached hydrogens (tertiary/aromatic N) is 1. The third-order valence-electron chi connectivity index (χ3n) is 5.92. The average Bonchev–Trinajstić information content (AvgIpc) is 2.87. The van der Waals surface area contributed by atoms with Gasteiger partial charge < -0.3 is 19.5 Å². The molecule has 1 aliphatic rings. The van der Waals surface area contributed by atoms with Crippen molar-refractivity contribution in [3.8, 4) is 17.2 Å². The highest BCUT2D eigenvalue weighted by Crippen LogP contribution is 2.38. The Morgan fingerprint density at radius 1 is 0.970 bits per heavy atom.